The maximum atomic E-state index is 11.3. The van der Waals surface area contributed by atoms with Crippen LogP contribution in [0.3, 0.4) is 0 Å². The molecule has 0 aromatic carbocycles. The minimum atomic E-state index is 0.174. The minimum Gasteiger partial charge on any atom is -0.341 e. The molecule has 2 N–H and O–H groups in total. The number of rotatable bonds is 1. The molecule has 3 heteroatoms. The second kappa shape index (κ2) is 3.22. The van der Waals surface area contributed by atoms with Crippen molar-refractivity contribution in [2.45, 2.75) is 26.3 Å². The molecule has 0 aromatic heterocycles. The van der Waals surface area contributed by atoms with Crippen LogP contribution >= 0.6 is 0 Å². The Balaban J connectivity index is 2.55. The average Bonchev–Trinajstić information content (AvgIpc) is 1.97. The highest BCUT2D eigenvalue weighted by Crippen LogP contribution is 2.15. The molecule has 1 heterocycles. The molecule has 1 fully saturated rings. The molecule has 2 atom stereocenters. The Hall–Kier alpha value is -0.570. The van der Waals surface area contributed by atoms with E-state index < -0.39 is 0 Å². The number of amides is 1. The molecular formula is C8H16N2O. The van der Waals surface area contributed by atoms with Crippen LogP contribution in [0.4, 0.5) is 0 Å². The van der Waals surface area contributed by atoms with Crippen LogP contribution in [0, 0.1) is 5.92 Å². The molecule has 1 amide bonds. The Morgan fingerprint density at radius 3 is 2.91 bits per heavy atom. The summed E-state index contributed by atoms with van der Waals surface area (Å²) in [5, 5.41) is 0. The molecule has 0 spiro atoms. The van der Waals surface area contributed by atoms with Gasteiger partial charge in [-0.3, -0.25) is 4.79 Å². The molecule has 0 aliphatic carbocycles. The lowest BCUT2D eigenvalue weighted by Crippen LogP contribution is -2.50. The molecule has 64 valence electrons. The first-order valence-corrected chi connectivity index (χ1v) is 4.18. The van der Waals surface area contributed by atoms with Crippen LogP contribution in [0.15, 0.2) is 0 Å². The van der Waals surface area contributed by atoms with E-state index in [-0.39, 0.29) is 11.9 Å². The second-order valence-corrected chi connectivity index (χ2v) is 3.28. The summed E-state index contributed by atoms with van der Waals surface area (Å²) in [6.07, 6.45) is 0.620. The number of carbonyl (C=O) groups excluding carboxylic acids is 1. The zero-order chi connectivity index (χ0) is 8.43. The lowest BCUT2D eigenvalue weighted by molar-refractivity contribution is -0.135. The predicted octanol–water partition coefficient (Wildman–Crippen LogP) is 0.202. The van der Waals surface area contributed by atoms with E-state index >= 15 is 0 Å². The second-order valence-electron chi connectivity index (χ2n) is 3.28. The first kappa shape index (κ1) is 8.53. The maximum absolute atomic E-state index is 11.3. The molecule has 0 radical (unpaired) electrons. The van der Waals surface area contributed by atoms with E-state index in [4.69, 9.17) is 5.73 Å². The maximum Gasteiger partial charge on any atom is 0.222 e. The first-order chi connectivity index (χ1) is 5.15. The fraction of sp³-hybridized carbons (Fsp3) is 0.875. The highest BCUT2D eigenvalue weighted by atomic mass is 16.2. The van der Waals surface area contributed by atoms with Gasteiger partial charge in [-0.05, 0) is 12.8 Å². The minimum absolute atomic E-state index is 0.174. The van der Waals surface area contributed by atoms with Gasteiger partial charge in [-0.15, -0.1) is 0 Å². The van der Waals surface area contributed by atoms with Gasteiger partial charge in [0.1, 0.15) is 0 Å². The molecular weight excluding hydrogens is 140 g/mol. The number of piperidine rings is 1. The Labute approximate surface area is 67.5 Å². The zero-order valence-corrected chi connectivity index (χ0v) is 7.21. The smallest absolute Gasteiger partial charge is 0.222 e. The van der Waals surface area contributed by atoms with Crippen molar-refractivity contribution in [2.24, 2.45) is 11.7 Å². The van der Waals surface area contributed by atoms with Gasteiger partial charge in [0.25, 0.3) is 0 Å². The summed E-state index contributed by atoms with van der Waals surface area (Å²) < 4.78 is 0. The summed E-state index contributed by atoms with van der Waals surface area (Å²) >= 11 is 0. The van der Waals surface area contributed by atoms with Crippen molar-refractivity contribution in [1.29, 1.82) is 0 Å². The molecule has 1 aliphatic heterocycles. The van der Waals surface area contributed by atoms with Gasteiger partial charge in [0, 0.05) is 25.6 Å². The predicted molar refractivity (Wildman–Crippen MR) is 44.0 cm³/mol. The third-order valence-electron chi connectivity index (χ3n) is 2.39. The summed E-state index contributed by atoms with van der Waals surface area (Å²) in [5.41, 5.74) is 5.81. The lowest BCUT2D eigenvalue weighted by atomic mass is 9.94. The largest absolute Gasteiger partial charge is 0.341 e. The van der Waals surface area contributed by atoms with Gasteiger partial charge in [-0.25, -0.2) is 0 Å². The molecule has 2 unspecified atom stereocenters. The Bertz CT molecular complexity index is 158. The van der Waals surface area contributed by atoms with E-state index in [2.05, 4.69) is 0 Å². The monoisotopic (exact) mass is 156 g/mol. The van der Waals surface area contributed by atoms with Crippen LogP contribution in [0.25, 0.3) is 0 Å². The van der Waals surface area contributed by atoms with Crippen molar-refractivity contribution in [3.05, 3.63) is 0 Å². The molecule has 1 saturated heterocycles. The number of likely N-dealkylation sites (tertiary alicyclic amines) is 1. The van der Waals surface area contributed by atoms with E-state index in [0.717, 1.165) is 13.1 Å². The van der Waals surface area contributed by atoms with E-state index in [0.29, 0.717) is 12.3 Å². The van der Waals surface area contributed by atoms with Crippen molar-refractivity contribution < 1.29 is 4.79 Å². The Morgan fingerprint density at radius 1 is 1.73 bits per heavy atom. The lowest BCUT2D eigenvalue weighted by Gasteiger charge is -2.33. The standard InChI is InChI=1S/C8H16N2O/c1-3-10-5-7(9)6(2)4-8(10)11/h6-7H,3-5,9H2,1-2H3. The number of nitrogens with zero attached hydrogens (tertiary/aromatic N) is 1. The van der Waals surface area contributed by atoms with E-state index in [9.17, 15) is 4.79 Å². The summed E-state index contributed by atoms with van der Waals surface area (Å²) in [6, 6.07) is 0.174. The quantitative estimate of drug-likeness (QED) is 0.589. The van der Waals surface area contributed by atoms with Crippen molar-refractivity contribution >= 4 is 5.91 Å². The van der Waals surface area contributed by atoms with Crippen molar-refractivity contribution in [3.63, 3.8) is 0 Å². The number of nitrogens with two attached hydrogens (primary N) is 1. The number of hydrogen-bond donors (Lipinski definition) is 1. The van der Waals surface area contributed by atoms with Crippen LogP contribution in [0.1, 0.15) is 20.3 Å². The van der Waals surface area contributed by atoms with Gasteiger partial charge in [-0.1, -0.05) is 6.92 Å². The van der Waals surface area contributed by atoms with E-state index in [1.165, 1.54) is 0 Å². The normalized spacial score (nSPS) is 32.6. The third-order valence-corrected chi connectivity index (χ3v) is 2.39. The van der Waals surface area contributed by atoms with Gasteiger partial charge < -0.3 is 10.6 Å². The number of likely N-dealkylation sites (N-methyl/N-ethyl adjacent to an activating group) is 1. The highest BCUT2D eigenvalue weighted by molar-refractivity contribution is 5.77. The van der Waals surface area contributed by atoms with Crippen molar-refractivity contribution in [1.82, 2.24) is 4.90 Å². The zero-order valence-electron chi connectivity index (χ0n) is 7.21. The average molecular weight is 156 g/mol. The molecule has 1 aliphatic rings. The van der Waals surface area contributed by atoms with Crippen molar-refractivity contribution in [2.75, 3.05) is 13.1 Å². The van der Waals surface area contributed by atoms with Crippen molar-refractivity contribution in [3.8, 4) is 0 Å². The SMILES string of the molecule is CCN1CC(N)C(C)CC1=O. The third kappa shape index (κ3) is 1.71. The summed E-state index contributed by atoms with van der Waals surface area (Å²) in [6.45, 7) is 5.55. The van der Waals surface area contributed by atoms with Crippen LogP contribution < -0.4 is 5.73 Å². The summed E-state index contributed by atoms with van der Waals surface area (Å²) in [7, 11) is 0. The van der Waals surface area contributed by atoms with Crippen LogP contribution in [0.5, 0.6) is 0 Å². The van der Waals surface area contributed by atoms with Gasteiger partial charge >= 0.3 is 0 Å². The highest BCUT2D eigenvalue weighted by Gasteiger charge is 2.27. The molecule has 1 rings (SSSR count). The van der Waals surface area contributed by atoms with Gasteiger partial charge in [0.05, 0.1) is 0 Å². The van der Waals surface area contributed by atoms with Crippen LogP contribution in [-0.2, 0) is 4.79 Å². The molecule has 11 heavy (non-hydrogen) atoms. The molecule has 3 nitrogen and oxygen atoms in total. The van der Waals surface area contributed by atoms with Gasteiger partial charge in [0.15, 0.2) is 0 Å². The number of carbonyl (C=O) groups is 1. The first-order valence-electron chi connectivity index (χ1n) is 4.18. The fourth-order valence-electron chi connectivity index (χ4n) is 1.40. The van der Waals surface area contributed by atoms with Crippen LogP contribution in [-0.4, -0.2) is 29.9 Å². The summed E-state index contributed by atoms with van der Waals surface area (Å²) in [4.78, 5) is 13.1. The van der Waals surface area contributed by atoms with Crippen LogP contribution in [0.2, 0.25) is 0 Å². The molecule has 0 saturated carbocycles. The Morgan fingerprint density at radius 2 is 2.36 bits per heavy atom. The molecule has 0 bridgehead atoms. The summed E-state index contributed by atoms with van der Waals surface area (Å²) in [5.74, 6) is 0.604. The Kier molecular flexibility index (Phi) is 2.49. The molecule has 0 aromatic rings. The fourth-order valence-corrected chi connectivity index (χ4v) is 1.40. The number of hydrogen-bond acceptors (Lipinski definition) is 2. The van der Waals surface area contributed by atoms with E-state index in [1.54, 1.807) is 0 Å². The van der Waals surface area contributed by atoms with Gasteiger partial charge in [0.2, 0.25) is 5.91 Å². The topological polar surface area (TPSA) is 46.3 Å². The van der Waals surface area contributed by atoms with Gasteiger partial charge in [-0.2, -0.15) is 0 Å². The van der Waals surface area contributed by atoms with E-state index in [1.807, 2.05) is 18.7 Å².